The summed E-state index contributed by atoms with van der Waals surface area (Å²) in [5, 5.41) is 9.72. The Morgan fingerprint density at radius 2 is 1.75 bits per heavy atom. The van der Waals surface area contributed by atoms with E-state index in [9.17, 15) is 5.11 Å². The summed E-state index contributed by atoms with van der Waals surface area (Å²) in [6, 6.07) is 3.80. The molecule has 1 aromatic rings. The first-order valence-corrected chi connectivity index (χ1v) is 5.56. The average Bonchev–Trinajstić information content (AvgIpc) is 2.28. The average molecular weight is 224 g/mol. The molecule has 1 N–H and O–H groups in total. The van der Waals surface area contributed by atoms with Crippen LogP contribution in [0.15, 0.2) is 12.1 Å². The molecule has 0 fully saturated rings. The van der Waals surface area contributed by atoms with E-state index in [2.05, 4.69) is 6.92 Å². The van der Waals surface area contributed by atoms with Gasteiger partial charge in [0.15, 0.2) is 11.5 Å². The second-order valence-corrected chi connectivity index (χ2v) is 3.83. The molecule has 1 atom stereocenters. The normalized spacial score (nSPS) is 12.3. The van der Waals surface area contributed by atoms with Crippen LogP contribution in [0.3, 0.4) is 0 Å². The largest absolute Gasteiger partial charge is 0.493 e. The first-order valence-electron chi connectivity index (χ1n) is 5.56. The first-order chi connectivity index (χ1) is 7.63. The Hall–Kier alpha value is -1.22. The molecule has 1 rings (SSSR count). The lowest BCUT2D eigenvalue weighted by molar-refractivity contribution is 0.197. The number of rotatable bonds is 5. The SMILES string of the molecule is CCCc1cc(OC)c(OC)cc1C(C)O. The topological polar surface area (TPSA) is 38.7 Å². The summed E-state index contributed by atoms with van der Waals surface area (Å²) < 4.78 is 10.5. The summed E-state index contributed by atoms with van der Waals surface area (Å²) in [6.07, 6.45) is 1.48. The maximum atomic E-state index is 9.72. The lowest BCUT2D eigenvalue weighted by Gasteiger charge is -2.16. The molecule has 0 amide bonds. The number of aliphatic hydroxyl groups is 1. The van der Waals surface area contributed by atoms with Crippen LogP contribution in [-0.4, -0.2) is 19.3 Å². The van der Waals surface area contributed by atoms with Gasteiger partial charge < -0.3 is 14.6 Å². The van der Waals surface area contributed by atoms with Crippen molar-refractivity contribution in [1.82, 2.24) is 0 Å². The van der Waals surface area contributed by atoms with Crippen molar-refractivity contribution in [3.05, 3.63) is 23.3 Å². The third kappa shape index (κ3) is 2.67. The van der Waals surface area contributed by atoms with E-state index < -0.39 is 6.10 Å². The van der Waals surface area contributed by atoms with E-state index in [1.54, 1.807) is 21.1 Å². The van der Waals surface area contributed by atoms with Crippen LogP contribution < -0.4 is 9.47 Å². The Morgan fingerprint density at radius 1 is 1.19 bits per heavy atom. The second-order valence-electron chi connectivity index (χ2n) is 3.83. The molecule has 0 saturated carbocycles. The summed E-state index contributed by atoms with van der Waals surface area (Å²) >= 11 is 0. The highest BCUT2D eigenvalue weighted by Gasteiger charge is 2.13. The summed E-state index contributed by atoms with van der Waals surface area (Å²) in [7, 11) is 3.22. The summed E-state index contributed by atoms with van der Waals surface area (Å²) in [4.78, 5) is 0. The number of aryl methyl sites for hydroxylation is 1. The quantitative estimate of drug-likeness (QED) is 0.835. The fourth-order valence-corrected chi connectivity index (χ4v) is 1.81. The molecule has 90 valence electrons. The highest BCUT2D eigenvalue weighted by atomic mass is 16.5. The lowest BCUT2D eigenvalue weighted by atomic mass is 9.98. The van der Waals surface area contributed by atoms with Crippen molar-refractivity contribution in [1.29, 1.82) is 0 Å². The molecule has 0 heterocycles. The number of hydrogen-bond donors (Lipinski definition) is 1. The van der Waals surface area contributed by atoms with E-state index in [1.165, 1.54) is 0 Å². The van der Waals surface area contributed by atoms with Gasteiger partial charge in [-0.05, 0) is 36.6 Å². The molecular formula is C13H20O3. The van der Waals surface area contributed by atoms with Gasteiger partial charge in [0.2, 0.25) is 0 Å². The number of ether oxygens (including phenoxy) is 2. The Morgan fingerprint density at radius 3 is 2.19 bits per heavy atom. The number of hydrogen-bond acceptors (Lipinski definition) is 3. The fraction of sp³-hybridized carbons (Fsp3) is 0.538. The summed E-state index contributed by atoms with van der Waals surface area (Å²) in [5.74, 6) is 1.38. The monoisotopic (exact) mass is 224 g/mol. The van der Waals surface area contributed by atoms with E-state index in [-0.39, 0.29) is 0 Å². The van der Waals surface area contributed by atoms with E-state index in [0.717, 1.165) is 29.7 Å². The van der Waals surface area contributed by atoms with Crippen LogP contribution in [-0.2, 0) is 6.42 Å². The van der Waals surface area contributed by atoms with Crippen LogP contribution in [0.4, 0.5) is 0 Å². The van der Waals surface area contributed by atoms with Crippen LogP contribution >= 0.6 is 0 Å². The third-order valence-electron chi connectivity index (χ3n) is 2.61. The molecule has 0 spiro atoms. The van der Waals surface area contributed by atoms with Gasteiger partial charge in [0.05, 0.1) is 20.3 Å². The Labute approximate surface area is 97.0 Å². The molecule has 0 aliphatic rings. The van der Waals surface area contributed by atoms with Crippen molar-refractivity contribution in [3.8, 4) is 11.5 Å². The predicted octanol–water partition coefficient (Wildman–Crippen LogP) is 2.71. The Bertz CT molecular complexity index is 345. The molecule has 16 heavy (non-hydrogen) atoms. The zero-order valence-electron chi connectivity index (χ0n) is 10.4. The van der Waals surface area contributed by atoms with E-state index in [1.807, 2.05) is 12.1 Å². The van der Waals surface area contributed by atoms with Gasteiger partial charge in [-0.15, -0.1) is 0 Å². The van der Waals surface area contributed by atoms with Gasteiger partial charge in [0, 0.05) is 0 Å². The molecule has 0 aliphatic heterocycles. The molecule has 3 heteroatoms. The van der Waals surface area contributed by atoms with Gasteiger partial charge in [0.1, 0.15) is 0 Å². The fourth-order valence-electron chi connectivity index (χ4n) is 1.81. The third-order valence-corrected chi connectivity index (χ3v) is 2.61. The molecule has 0 saturated heterocycles. The lowest BCUT2D eigenvalue weighted by Crippen LogP contribution is -2.01. The van der Waals surface area contributed by atoms with Gasteiger partial charge in [-0.25, -0.2) is 0 Å². The van der Waals surface area contributed by atoms with Crippen molar-refractivity contribution < 1.29 is 14.6 Å². The summed E-state index contributed by atoms with van der Waals surface area (Å²) in [6.45, 7) is 3.88. The number of methoxy groups -OCH3 is 2. The smallest absolute Gasteiger partial charge is 0.161 e. The van der Waals surface area contributed by atoms with Gasteiger partial charge in [-0.2, -0.15) is 0 Å². The highest BCUT2D eigenvalue weighted by molar-refractivity contribution is 5.48. The van der Waals surface area contributed by atoms with Crippen molar-refractivity contribution in [2.24, 2.45) is 0 Å². The van der Waals surface area contributed by atoms with Crippen LogP contribution in [0.25, 0.3) is 0 Å². The minimum absolute atomic E-state index is 0.485. The van der Waals surface area contributed by atoms with Crippen LogP contribution in [0.5, 0.6) is 11.5 Å². The predicted molar refractivity (Wildman–Crippen MR) is 64.2 cm³/mol. The van der Waals surface area contributed by atoms with Crippen LogP contribution in [0, 0.1) is 0 Å². The first kappa shape index (κ1) is 12.8. The van der Waals surface area contributed by atoms with Gasteiger partial charge in [-0.3, -0.25) is 0 Å². The minimum Gasteiger partial charge on any atom is -0.493 e. The Balaban J connectivity index is 3.23. The molecule has 0 radical (unpaired) electrons. The number of benzene rings is 1. The molecule has 0 bridgehead atoms. The minimum atomic E-state index is -0.485. The Kier molecular flexibility index (Phi) is 4.62. The standard InChI is InChI=1S/C13H20O3/c1-5-6-10-7-12(15-3)13(16-4)8-11(10)9(2)14/h7-9,14H,5-6H2,1-4H3. The number of aliphatic hydroxyl groups excluding tert-OH is 1. The summed E-state index contributed by atoms with van der Waals surface area (Å²) in [5.41, 5.74) is 2.04. The zero-order chi connectivity index (χ0) is 12.1. The van der Waals surface area contributed by atoms with Crippen molar-refractivity contribution in [2.45, 2.75) is 32.8 Å². The van der Waals surface area contributed by atoms with Gasteiger partial charge >= 0.3 is 0 Å². The molecule has 3 nitrogen and oxygen atoms in total. The van der Waals surface area contributed by atoms with E-state index in [0.29, 0.717) is 5.75 Å². The van der Waals surface area contributed by atoms with Gasteiger partial charge in [-0.1, -0.05) is 13.3 Å². The molecule has 0 aromatic heterocycles. The molecule has 1 unspecified atom stereocenters. The molecular weight excluding hydrogens is 204 g/mol. The van der Waals surface area contributed by atoms with Crippen molar-refractivity contribution >= 4 is 0 Å². The van der Waals surface area contributed by atoms with Gasteiger partial charge in [0.25, 0.3) is 0 Å². The molecule has 1 aromatic carbocycles. The van der Waals surface area contributed by atoms with Crippen molar-refractivity contribution in [2.75, 3.05) is 14.2 Å². The van der Waals surface area contributed by atoms with E-state index >= 15 is 0 Å². The van der Waals surface area contributed by atoms with Crippen LogP contribution in [0.2, 0.25) is 0 Å². The molecule has 0 aliphatic carbocycles. The second kappa shape index (κ2) is 5.75. The zero-order valence-corrected chi connectivity index (χ0v) is 10.4. The maximum Gasteiger partial charge on any atom is 0.161 e. The maximum absolute atomic E-state index is 9.72. The highest BCUT2D eigenvalue weighted by Crippen LogP contribution is 2.33. The van der Waals surface area contributed by atoms with Crippen molar-refractivity contribution in [3.63, 3.8) is 0 Å². The van der Waals surface area contributed by atoms with E-state index in [4.69, 9.17) is 9.47 Å². The van der Waals surface area contributed by atoms with Crippen LogP contribution in [0.1, 0.15) is 37.5 Å².